The topological polar surface area (TPSA) is 78.3 Å². The number of fused-ring (bicyclic) bond motifs is 1. The number of benzene rings is 3. The molecular weight excluding hydrogens is 660 g/mol. The van der Waals surface area contributed by atoms with Gasteiger partial charge in [0.15, 0.2) is 17.3 Å². The van der Waals surface area contributed by atoms with Crippen LogP contribution in [0.5, 0.6) is 11.5 Å². The molecule has 3 aromatic carbocycles. The Morgan fingerprint density at radius 3 is 2.64 bits per heavy atom. The van der Waals surface area contributed by atoms with Crippen LogP contribution in [0.1, 0.15) is 65.6 Å². The highest BCUT2D eigenvalue weighted by molar-refractivity contribution is 9.10. The summed E-state index contributed by atoms with van der Waals surface area (Å²) in [5, 5.41) is 9.64. The molecule has 0 bridgehead atoms. The number of nitrogens with zero attached hydrogens (tertiary/aromatic N) is 3. The number of aromatic nitrogens is 3. The molecule has 1 aliphatic heterocycles. The molecule has 6 rings (SSSR count). The van der Waals surface area contributed by atoms with E-state index in [-0.39, 0.29) is 5.78 Å². The minimum absolute atomic E-state index is 0.120. The summed E-state index contributed by atoms with van der Waals surface area (Å²) in [6.07, 6.45) is 2.09. The van der Waals surface area contributed by atoms with E-state index >= 15 is 0 Å². The van der Waals surface area contributed by atoms with Crippen molar-refractivity contribution in [1.82, 2.24) is 14.8 Å². The first-order chi connectivity index (χ1) is 21.2. The molecule has 1 atom stereocenters. The molecule has 0 amide bonds. The number of Topliss-reactive ketones (excluding diaryl/α,β-unsaturated/α-hetero) is 1. The maximum atomic E-state index is 13.4. The van der Waals surface area contributed by atoms with Crippen molar-refractivity contribution in [2.45, 2.75) is 70.5 Å². The van der Waals surface area contributed by atoms with Crippen LogP contribution in [-0.4, -0.2) is 27.2 Å². The molecule has 7 nitrogen and oxygen atoms in total. The first-order valence-electron chi connectivity index (χ1n) is 14.7. The lowest BCUT2D eigenvalue weighted by Crippen LogP contribution is -2.31. The molecule has 0 fully saturated rings. The SMILES string of the molecule is CCOc1cc(C2C3=C(CCCC3=O)Nc3nc(SCc4ccccc4Cl)nn32)cc(Br)c1OCc1cc(C)c(C)cc1C. The van der Waals surface area contributed by atoms with Gasteiger partial charge in [0.2, 0.25) is 11.1 Å². The number of aryl methyl sites for hydroxylation is 3. The predicted octanol–water partition coefficient (Wildman–Crippen LogP) is 8.91. The molecule has 0 saturated heterocycles. The second-order valence-corrected chi connectivity index (χ2v) is 13.4. The molecule has 1 unspecified atom stereocenters. The van der Waals surface area contributed by atoms with Crippen LogP contribution in [-0.2, 0) is 17.2 Å². The fraction of sp³-hybridized carbons (Fsp3) is 0.324. The van der Waals surface area contributed by atoms with Gasteiger partial charge in [0.05, 0.1) is 11.1 Å². The van der Waals surface area contributed by atoms with Crippen LogP contribution in [0.4, 0.5) is 5.95 Å². The fourth-order valence-electron chi connectivity index (χ4n) is 5.74. The molecule has 1 aromatic heterocycles. The Morgan fingerprint density at radius 1 is 1.05 bits per heavy atom. The molecule has 2 aliphatic rings. The standard InChI is InChI=1S/C34H34BrClN4O3S/c1-5-42-29-16-23(15-25(35)32(29)43-17-24-14-20(3)19(2)13-21(24)4)31-30-27(11-8-12-28(30)41)37-33-38-34(39-40(31)33)44-18-22-9-6-7-10-26(22)36/h6-7,9-10,13-16,31H,5,8,11-12,17-18H2,1-4H3,(H,37,38,39). The zero-order chi connectivity index (χ0) is 31.0. The molecule has 10 heteroatoms. The summed E-state index contributed by atoms with van der Waals surface area (Å²) in [4.78, 5) is 18.3. The van der Waals surface area contributed by atoms with E-state index in [0.29, 0.717) is 53.0 Å². The Kier molecular flexibility index (Phi) is 9.08. The Morgan fingerprint density at radius 2 is 1.84 bits per heavy atom. The number of hydrogen-bond acceptors (Lipinski definition) is 7. The number of ketones is 1. The minimum atomic E-state index is -0.456. The second kappa shape index (κ2) is 13.0. The van der Waals surface area contributed by atoms with Gasteiger partial charge in [-0.1, -0.05) is 53.7 Å². The van der Waals surface area contributed by atoms with E-state index in [2.05, 4.69) is 54.2 Å². The van der Waals surface area contributed by atoms with Gasteiger partial charge >= 0.3 is 0 Å². The number of hydrogen-bond donors (Lipinski definition) is 1. The maximum absolute atomic E-state index is 13.4. The van der Waals surface area contributed by atoms with E-state index < -0.39 is 6.04 Å². The predicted molar refractivity (Wildman–Crippen MR) is 179 cm³/mol. The van der Waals surface area contributed by atoms with Crippen LogP contribution in [0.2, 0.25) is 5.02 Å². The van der Waals surface area contributed by atoms with Gasteiger partial charge in [-0.25, -0.2) is 4.68 Å². The van der Waals surface area contributed by atoms with Gasteiger partial charge in [-0.15, -0.1) is 5.10 Å². The van der Waals surface area contributed by atoms with E-state index in [1.54, 1.807) is 0 Å². The zero-order valence-corrected chi connectivity index (χ0v) is 28.3. The van der Waals surface area contributed by atoms with Crippen molar-refractivity contribution in [3.8, 4) is 11.5 Å². The average Bonchev–Trinajstić information content (AvgIpc) is 3.40. The van der Waals surface area contributed by atoms with Gasteiger partial charge in [-0.2, -0.15) is 4.98 Å². The molecule has 0 saturated carbocycles. The fourth-order valence-corrected chi connectivity index (χ4v) is 7.43. The summed E-state index contributed by atoms with van der Waals surface area (Å²) >= 11 is 11.7. The highest BCUT2D eigenvalue weighted by atomic mass is 79.9. The average molecular weight is 694 g/mol. The Bertz CT molecular complexity index is 1790. The molecule has 1 N–H and O–H groups in total. The van der Waals surface area contributed by atoms with E-state index in [0.717, 1.165) is 45.3 Å². The van der Waals surface area contributed by atoms with E-state index in [1.165, 1.54) is 28.5 Å². The van der Waals surface area contributed by atoms with Crippen LogP contribution >= 0.6 is 39.3 Å². The van der Waals surface area contributed by atoms with Crippen LogP contribution in [0.15, 0.2) is 69.4 Å². The molecule has 0 spiro atoms. The van der Waals surface area contributed by atoms with E-state index in [9.17, 15) is 4.79 Å². The van der Waals surface area contributed by atoms with Gasteiger partial charge in [-0.3, -0.25) is 4.79 Å². The largest absolute Gasteiger partial charge is 0.490 e. The van der Waals surface area contributed by atoms with Gasteiger partial charge in [0.1, 0.15) is 12.6 Å². The smallest absolute Gasteiger partial charge is 0.227 e. The lowest BCUT2D eigenvalue weighted by Gasteiger charge is -2.32. The molecule has 44 heavy (non-hydrogen) atoms. The Balaban J connectivity index is 1.36. The van der Waals surface area contributed by atoms with Crippen LogP contribution in [0.25, 0.3) is 0 Å². The number of rotatable bonds is 9. The van der Waals surface area contributed by atoms with Gasteiger partial charge < -0.3 is 14.8 Å². The van der Waals surface area contributed by atoms with Crippen LogP contribution < -0.4 is 14.8 Å². The molecule has 228 valence electrons. The third-order valence-electron chi connectivity index (χ3n) is 8.13. The maximum Gasteiger partial charge on any atom is 0.227 e. The molecule has 0 radical (unpaired) electrons. The monoisotopic (exact) mass is 692 g/mol. The van der Waals surface area contributed by atoms with Crippen molar-refractivity contribution in [2.24, 2.45) is 0 Å². The van der Waals surface area contributed by atoms with Gasteiger partial charge in [0, 0.05) is 28.5 Å². The number of allylic oxidation sites excluding steroid dienone is 2. The molecule has 2 heterocycles. The number of halogens is 2. The van der Waals surface area contributed by atoms with Crippen molar-refractivity contribution in [1.29, 1.82) is 0 Å². The first kappa shape index (κ1) is 30.7. The van der Waals surface area contributed by atoms with Crippen LogP contribution in [0.3, 0.4) is 0 Å². The quantitative estimate of drug-likeness (QED) is 0.176. The Hall–Kier alpha value is -3.27. The molecule has 1 aliphatic carbocycles. The zero-order valence-electron chi connectivity index (χ0n) is 25.2. The highest BCUT2D eigenvalue weighted by Crippen LogP contribution is 2.45. The number of carbonyl (C=O) groups excluding carboxylic acids is 1. The summed E-state index contributed by atoms with van der Waals surface area (Å²) in [5.41, 5.74) is 8.33. The first-order valence-corrected chi connectivity index (χ1v) is 16.9. The van der Waals surface area contributed by atoms with Gasteiger partial charge in [0.25, 0.3) is 0 Å². The lowest BCUT2D eigenvalue weighted by atomic mass is 9.85. The summed E-state index contributed by atoms with van der Waals surface area (Å²) in [7, 11) is 0. The molecule has 4 aromatic rings. The van der Waals surface area contributed by atoms with Gasteiger partial charge in [-0.05, 0) is 108 Å². The van der Waals surface area contributed by atoms with Crippen molar-refractivity contribution in [3.05, 3.63) is 103 Å². The second-order valence-electron chi connectivity index (χ2n) is 11.2. The molecular formula is C34H34BrClN4O3S. The van der Waals surface area contributed by atoms with Crippen molar-refractivity contribution in [3.63, 3.8) is 0 Å². The van der Waals surface area contributed by atoms with E-state index in [1.807, 2.05) is 48.0 Å². The number of ether oxygens (including phenoxy) is 2. The Labute approximate surface area is 275 Å². The summed E-state index contributed by atoms with van der Waals surface area (Å²) in [6, 6.07) is 15.7. The lowest BCUT2D eigenvalue weighted by molar-refractivity contribution is -0.116. The number of thioether (sulfide) groups is 1. The van der Waals surface area contributed by atoms with Crippen molar-refractivity contribution >= 4 is 51.0 Å². The summed E-state index contributed by atoms with van der Waals surface area (Å²) < 4.78 is 15.1. The number of nitrogens with one attached hydrogen (secondary N) is 1. The third kappa shape index (κ3) is 6.14. The minimum Gasteiger partial charge on any atom is -0.490 e. The summed E-state index contributed by atoms with van der Waals surface area (Å²) in [5.74, 6) is 2.60. The number of carbonyl (C=O) groups is 1. The van der Waals surface area contributed by atoms with Crippen molar-refractivity contribution in [2.75, 3.05) is 11.9 Å². The third-order valence-corrected chi connectivity index (χ3v) is 9.98. The number of anilines is 1. The normalized spacial score (nSPS) is 16.0. The highest BCUT2D eigenvalue weighted by Gasteiger charge is 2.37. The summed E-state index contributed by atoms with van der Waals surface area (Å²) in [6.45, 7) is 9.16. The van der Waals surface area contributed by atoms with Crippen molar-refractivity contribution < 1.29 is 14.3 Å². The van der Waals surface area contributed by atoms with E-state index in [4.69, 9.17) is 31.2 Å². The van der Waals surface area contributed by atoms with Crippen LogP contribution in [0, 0.1) is 20.8 Å².